The summed E-state index contributed by atoms with van der Waals surface area (Å²) in [7, 11) is 0. The number of nitrogens with zero attached hydrogens (tertiary/aromatic N) is 1. The Morgan fingerprint density at radius 1 is 1.19 bits per heavy atom. The number of hydrogen-bond acceptors (Lipinski definition) is 3. The van der Waals surface area contributed by atoms with Crippen molar-refractivity contribution >= 4 is 0 Å². The van der Waals surface area contributed by atoms with Gasteiger partial charge in [0.15, 0.2) is 0 Å². The number of aromatic nitrogens is 1. The first-order valence-electron chi connectivity index (χ1n) is 6.60. The van der Waals surface area contributed by atoms with Crippen molar-refractivity contribution in [3.8, 4) is 0 Å². The van der Waals surface area contributed by atoms with Crippen LogP contribution >= 0.6 is 0 Å². The summed E-state index contributed by atoms with van der Waals surface area (Å²) in [5.74, 6) is 2.62. The van der Waals surface area contributed by atoms with Crippen LogP contribution in [0.3, 0.4) is 0 Å². The summed E-state index contributed by atoms with van der Waals surface area (Å²) in [6.07, 6.45) is 11.2. The zero-order valence-electron chi connectivity index (χ0n) is 9.74. The molecule has 0 atom stereocenters. The summed E-state index contributed by atoms with van der Waals surface area (Å²) in [5.41, 5.74) is 0. The van der Waals surface area contributed by atoms with Crippen LogP contribution in [-0.2, 0) is 6.54 Å². The maximum atomic E-state index is 5.83. The molecule has 0 bridgehead atoms. The maximum Gasteiger partial charge on any atom is 0.208 e. The van der Waals surface area contributed by atoms with E-state index in [2.05, 4.69) is 10.3 Å². The van der Waals surface area contributed by atoms with Crippen molar-refractivity contribution in [1.29, 1.82) is 0 Å². The van der Waals surface area contributed by atoms with Gasteiger partial charge in [0.2, 0.25) is 5.89 Å². The minimum Gasteiger partial charge on any atom is -0.444 e. The largest absolute Gasteiger partial charge is 0.444 e. The third kappa shape index (κ3) is 2.46. The molecule has 0 aliphatic heterocycles. The molecule has 1 aromatic rings. The molecule has 0 aromatic carbocycles. The molecule has 2 saturated carbocycles. The lowest BCUT2D eigenvalue weighted by atomic mass is 9.88. The Morgan fingerprint density at radius 3 is 2.75 bits per heavy atom. The van der Waals surface area contributed by atoms with Gasteiger partial charge in [-0.15, -0.1) is 0 Å². The third-order valence-electron chi connectivity index (χ3n) is 3.70. The Balaban J connectivity index is 1.57. The van der Waals surface area contributed by atoms with Crippen molar-refractivity contribution < 1.29 is 4.42 Å². The highest BCUT2D eigenvalue weighted by Gasteiger charge is 2.22. The van der Waals surface area contributed by atoms with Crippen LogP contribution in [0.4, 0.5) is 0 Å². The highest BCUT2D eigenvalue weighted by Crippen LogP contribution is 2.32. The van der Waals surface area contributed by atoms with Crippen molar-refractivity contribution in [1.82, 2.24) is 10.3 Å². The van der Waals surface area contributed by atoms with Crippen molar-refractivity contribution in [3.05, 3.63) is 17.8 Å². The molecule has 2 fully saturated rings. The molecule has 2 aliphatic carbocycles. The maximum absolute atomic E-state index is 5.83. The van der Waals surface area contributed by atoms with E-state index in [1.54, 1.807) is 0 Å². The number of rotatable bonds is 4. The Bertz CT molecular complexity index is 337. The summed E-state index contributed by atoms with van der Waals surface area (Å²) >= 11 is 0. The van der Waals surface area contributed by atoms with Gasteiger partial charge in [-0.1, -0.05) is 19.3 Å². The van der Waals surface area contributed by atoms with E-state index in [0.29, 0.717) is 5.92 Å². The molecule has 0 spiro atoms. The second kappa shape index (κ2) is 4.58. The van der Waals surface area contributed by atoms with Gasteiger partial charge in [0.25, 0.3) is 0 Å². The van der Waals surface area contributed by atoms with Gasteiger partial charge in [-0.25, -0.2) is 4.98 Å². The van der Waals surface area contributed by atoms with Crippen LogP contribution in [0, 0.1) is 0 Å². The molecule has 0 unspecified atom stereocenters. The quantitative estimate of drug-likeness (QED) is 0.847. The first-order valence-corrected chi connectivity index (χ1v) is 6.60. The van der Waals surface area contributed by atoms with Crippen LogP contribution in [-0.4, -0.2) is 11.0 Å². The lowest BCUT2D eigenvalue weighted by molar-refractivity contribution is 0.355. The van der Waals surface area contributed by atoms with Gasteiger partial charge in [0, 0.05) is 12.0 Å². The fourth-order valence-corrected chi connectivity index (χ4v) is 2.50. The molecule has 2 aliphatic rings. The molecule has 16 heavy (non-hydrogen) atoms. The summed E-state index contributed by atoms with van der Waals surface area (Å²) < 4.78 is 5.83. The molecular weight excluding hydrogens is 200 g/mol. The zero-order valence-corrected chi connectivity index (χ0v) is 9.74. The Morgan fingerprint density at radius 2 is 2.00 bits per heavy atom. The predicted octanol–water partition coefficient (Wildman–Crippen LogP) is 2.97. The number of oxazole rings is 1. The molecule has 0 saturated heterocycles. The number of hydrogen-bond donors (Lipinski definition) is 1. The predicted molar refractivity (Wildman–Crippen MR) is 62.2 cm³/mol. The lowest BCUT2D eigenvalue weighted by Crippen LogP contribution is -2.15. The van der Waals surface area contributed by atoms with Gasteiger partial charge in [0.05, 0.1) is 12.7 Å². The van der Waals surface area contributed by atoms with Crippen molar-refractivity contribution in [2.24, 2.45) is 0 Å². The third-order valence-corrected chi connectivity index (χ3v) is 3.70. The fraction of sp³-hybridized carbons (Fsp3) is 0.769. The summed E-state index contributed by atoms with van der Waals surface area (Å²) in [6, 6.07) is 0.727. The van der Waals surface area contributed by atoms with Gasteiger partial charge in [-0.05, 0) is 25.7 Å². The monoisotopic (exact) mass is 220 g/mol. The Kier molecular flexibility index (Phi) is 2.96. The highest BCUT2D eigenvalue weighted by molar-refractivity contribution is 5.03. The molecule has 0 amide bonds. The summed E-state index contributed by atoms with van der Waals surface area (Å²) in [6.45, 7) is 0.803. The second-order valence-corrected chi connectivity index (χ2v) is 5.15. The van der Waals surface area contributed by atoms with Gasteiger partial charge < -0.3 is 9.73 Å². The molecular formula is C13H20N2O. The Labute approximate surface area is 96.6 Å². The van der Waals surface area contributed by atoms with E-state index < -0.39 is 0 Å². The molecule has 3 nitrogen and oxygen atoms in total. The van der Waals surface area contributed by atoms with Crippen LogP contribution in [0.5, 0.6) is 0 Å². The molecule has 1 heterocycles. The van der Waals surface area contributed by atoms with E-state index in [-0.39, 0.29) is 0 Å². The highest BCUT2D eigenvalue weighted by atomic mass is 16.4. The van der Waals surface area contributed by atoms with Crippen LogP contribution in [0.15, 0.2) is 10.6 Å². The minimum atomic E-state index is 0.635. The first-order chi connectivity index (χ1) is 7.92. The standard InChI is InChI=1S/C13H20N2O/c1-2-4-10(5-3-1)12-8-15-13(16-12)9-14-11-6-7-11/h8,10-11,14H,1-7,9H2. The van der Waals surface area contributed by atoms with Gasteiger partial charge in [-0.2, -0.15) is 0 Å². The summed E-state index contributed by atoms with van der Waals surface area (Å²) in [4.78, 5) is 4.36. The molecule has 1 N–H and O–H groups in total. The van der Waals surface area contributed by atoms with Crippen molar-refractivity contribution in [2.75, 3.05) is 0 Å². The number of nitrogens with one attached hydrogen (secondary N) is 1. The van der Waals surface area contributed by atoms with Gasteiger partial charge in [-0.3, -0.25) is 0 Å². The average Bonchev–Trinajstić information content (AvgIpc) is 3.05. The topological polar surface area (TPSA) is 38.1 Å². The van der Waals surface area contributed by atoms with Crippen molar-refractivity contribution in [3.63, 3.8) is 0 Å². The van der Waals surface area contributed by atoms with Crippen LogP contribution in [0.1, 0.15) is 62.5 Å². The SMILES string of the molecule is c1nc(CNC2CC2)oc1C1CCCCC1. The van der Waals surface area contributed by atoms with Crippen LogP contribution < -0.4 is 5.32 Å². The van der Waals surface area contributed by atoms with E-state index in [9.17, 15) is 0 Å². The Hall–Kier alpha value is -0.830. The molecule has 1 aromatic heterocycles. The van der Waals surface area contributed by atoms with Gasteiger partial charge in [0.1, 0.15) is 5.76 Å². The lowest BCUT2D eigenvalue weighted by Gasteiger charge is -2.18. The van der Waals surface area contributed by atoms with E-state index in [1.807, 2.05) is 6.20 Å². The van der Waals surface area contributed by atoms with Crippen LogP contribution in [0.25, 0.3) is 0 Å². The minimum absolute atomic E-state index is 0.635. The van der Waals surface area contributed by atoms with Gasteiger partial charge >= 0.3 is 0 Å². The normalized spacial score (nSPS) is 22.5. The molecule has 3 heteroatoms. The average molecular weight is 220 g/mol. The fourth-order valence-electron chi connectivity index (χ4n) is 2.50. The smallest absolute Gasteiger partial charge is 0.208 e. The van der Waals surface area contributed by atoms with Crippen molar-refractivity contribution in [2.45, 2.75) is 63.5 Å². The second-order valence-electron chi connectivity index (χ2n) is 5.15. The summed E-state index contributed by atoms with van der Waals surface area (Å²) in [5, 5.41) is 3.43. The van der Waals surface area contributed by atoms with E-state index >= 15 is 0 Å². The van der Waals surface area contributed by atoms with Crippen LogP contribution in [0.2, 0.25) is 0 Å². The molecule has 0 radical (unpaired) electrons. The van der Waals surface area contributed by atoms with E-state index in [1.165, 1.54) is 44.9 Å². The molecule has 3 rings (SSSR count). The van der Waals surface area contributed by atoms with E-state index in [4.69, 9.17) is 4.42 Å². The molecule has 88 valence electrons. The zero-order chi connectivity index (χ0) is 10.8. The van der Waals surface area contributed by atoms with E-state index in [0.717, 1.165) is 24.2 Å². The first kappa shape index (κ1) is 10.3.